The fourth-order valence-corrected chi connectivity index (χ4v) is 4.01. The van der Waals surface area contributed by atoms with Crippen LogP contribution in [0.1, 0.15) is 5.56 Å². The zero-order valence-electron chi connectivity index (χ0n) is 14.5. The van der Waals surface area contributed by atoms with Crippen molar-refractivity contribution < 1.29 is 13.5 Å². The van der Waals surface area contributed by atoms with Crippen LogP contribution in [0.25, 0.3) is 11.4 Å². The van der Waals surface area contributed by atoms with E-state index in [1.165, 1.54) is 18.9 Å². The first-order valence-electron chi connectivity index (χ1n) is 7.88. The van der Waals surface area contributed by atoms with Gasteiger partial charge in [-0.25, -0.2) is 0 Å². The second-order valence-corrected chi connectivity index (χ2v) is 7.94. The van der Waals surface area contributed by atoms with Crippen molar-refractivity contribution in [2.24, 2.45) is 7.05 Å². The first kappa shape index (κ1) is 20.0. The van der Waals surface area contributed by atoms with Gasteiger partial charge >= 0.3 is 0 Å². The van der Waals surface area contributed by atoms with Crippen molar-refractivity contribution in [3.05, 3.63) is 53.1 Å². The average Bonchev–Trinajstić information content (AvgIpc) is 3.01. The quantitative estimate of drug-likeness (QED) is 0.449. The van der Waals surface area contributed by atoms with Crippen LogP contribution < -0.4 is 4.74 Å². The molecule has 2 aromatic carbocycles. The van der Waals surface area contributed by atoms with Gasteiger partial charge in [0.05, 0.1) is 12.0 Å². The zero-order valence-corrected chi connectivity index (χ0v) is 16.9. The number of nitrogens with zero attached hydrogens (tertiary/aromatic N) is 3. The number of ether oxygens (including phenoxy) is 1. The average molecular weight is 428 g/mol. The van der Waals surface area contributed by atoms with Crippen LogP contribution in [0.3, 0.4) is 0 Å². The molecule has 142 valence electrons. The molecule has 3 rings (SSSR count). The maximum atomic E-state index is 12.6. The monoisotopic (exact) mass is 427 g/mol. The summed E-state index contributed by atoms with van der Waals surface area (Å²) < 4.78 is 32.3. The van der Waals surface area contributed by atoms with Crippen molar-refractivity contribution in [3.8, 4) is 17.1 Å². The Kier molecular flexibility index (Phi) is 6.62. The molecule has 9 heteroatoms. The number of hydrogen-bond donors (Lipinski definition) is 0. The highest BCUT2D eigenvalue weighted by atomic mass is 35.5. The van der Waals surface area contributed by atoms with Crippen LogP contribution in [0.4, 0.5) is 8.78 Å². The second-order valence-electron chi connectivity index (χ2n) is 5.52. The van der Waals surface area contributed by atoms with E-state index in [9.17, 15) is 8.78 Å². The Morgan fingerprint density at radius 2 is 1.89 bits per heavy atom. The summed E-state index contributed by atoms with van der Waals surface area (Å²) in [5, 5.41) is 9.90. The number of methoxy groups -OCH3 is 1. The summed E-state index contributed by atoms with van der Waals surface area (Å²) in [5.74, 6) is -0.680. The third kappa shape index (κ3) is 4.94. The molecule has 1 aromatic heterocycles. The Morgan fingerprint density at radius 1 is 1.15 bits per heavy atom. The highest BCUT2D eigenvalue weighted by molar-refractivity contribution is 7.99. The van der Waals surface area contributed by atoms with E-state index in [0.29, 0.717) is 33.2 Å². The standard InChI is InChI=1S/C18H16ClF2N3OS2/c1-24-16(12-4-6-13(19)7-5-12)22-23-18(24)26-10-11-3-8-15(27-17(20)21)14(9-11)25-2/h3-9,17H,10H2,1-2H3. The minimum atomic E-state index is -2.48. The molecule has 0 bridgehead atoms. The SMILES string of the molecule is COc1cc(CSc2nnc(-c3ccc(Cl)cc3)n2C)ccc1SC(F)F. The van der Waals surface area contributed by atoms with Gasteiger partial charge in [0.1, 0.15) is 5.75 Å². The van der Waals surface area contributed by atoms with E-state index in [4.69, 9.17) is 16.3 Å². The number of benzene rings is 2. The van der Waals surface area contributed by atoms with E-state index in [0.717, 1.165) is 22.1 Å². The molecule has 0 amide bonds. The van der Waals surface area contributed by atoms with Gasteiger partial charge in [-0.05, 0) is 42.0 Å². The van der Waals surface area contributed by atoms with Crippen molar-refractivity contribution in [1.29, 1.82) is 0 Å². The second kappa shape index (κ2) is 8.95. The minimum absolute atomic E-state index is 0.421. The van der Waals surface area contributed by atoms with Crippen LogP contribution in [0.5, 0.6) is 5.75 Å². The summed E-state index contributed by atoms with van der Waals surface area (Å²) in [7, 11) is 3.37. The van der Waals surface area contributed by atoms with E-state index in [1.54, 1.807) is 12.1 Å². The maximum Gasteiger partial charge on any atom is 0.289 e. The molecule has 0 saturated carbocycles. The van der Waals surface area contributed by atoms with Gasteiger partial charge in [0.25, 0.3) is 5.76 Å². The molecule has 0 aliphatic rings. The predicted molar refractivity (Wildman–Crippen MR) is 106 cm³/mol. The Balaban J connectivity index is 1.73. The molecule has 0 spiro atoms. The highest BCUT2D eigenvalue weighted by Crippen LogP contribution is 2.35. The molecule has 0 fully saturated rings. The molecule has 0 aliphatic carbocycles. The van der Waals surface area contributed by atoms with E-state index < -0.39 is 5.76 Å². The number of alkyl halides is 2. The van der Waals surface area contributed by atoms with Crippen molar-refractivity contribution in [1.82, 2.24) is 14.8 Å². The Morgan fingerprint density at radius 3 is 2.56 bits per heavy atom. The number of hydrogen-bond acceptors (Lipinski definition) is 5. The highest BCUT2D eigenvalue weighted by Gasteiger charge is 2.14. The molecular weight excluding hydrogens is 412 g/mol. The molecule has 27 heavy (non-hydrogen) atoms. The number of aromatic nitrogens is 3. The molecule has 0 saturated heterocycles. The van der Waals surface area contributed by atoms with Gasteiger partial charge in [-0.3, -0.25) is 0 Å². The largest absolute Gasteiger partial charge is 0.496 e. The lowest BCUT2D eigenvalue weighted by Crippen LogP contribution is -1.95. The fraction of sp³-hybridized carbons (Fsp3) is 0.222. The first-order valence-corrected chi connectivity index (χ1v) is 10.1. The zero-order chi connectivity index (χ0) is 19.4. The lowest BCUT2D eigenvalue weighted by Gasteiger charge is -2.10. The predicted octanol–water partition coefficient (Wildman–Crippen LogP) is 5.75. The molecule has 0 radical (unpaired) electrons. The smallest absolute Gasteiger partial charge is 0.289 e. The van der Waals surface area contributed by atoms with Crippen LogP contribution in [0.15, 0.2) is 52.5 Å². The maximum absolute atomic E-state index is 12.6. The number of halogens is 3. The molecule has 1 heterocycles. The van der Waals surface area contributed by atoms with Gasteiger partial charge in [0.15, 0.2) is 11.0 Å². The van der Waals surface area contributed by atoms with Crippen molar-refractivity contribution >= 4 is 35.1 Å². The van der Waals surface area contributed by atoms with Crippen molar-refractivity contribution in [3.63, 3.8) is 0 Å². The third-order valence-corrected chi connectivity index (χ3v) is 5.86. The lowest BCUT2D eigenvalue weighted by atomic mass is 10.2. The van der Waals surface area contributed by atoms with Crippen LogP contribution in [-0.4, -0.2) is 27.6 Å². The van der Waals surface area contributed by atoms with Crippen LogP contribution in [0, 0.1) is 0 Å². The molecule has 0 atom stereocenters. The molecule has 3 aromatic rings. The summed E-state index contributed by atoms with van der Waals surface area (Å²) in [5.41, 5.74) is 1.88. The number of thioether (sulfide) groups is 2. The normalized spacial score (nSPS) is 11.2. The van der Waals surface area contributed by atoms with E-state index in [-0.39, 0.29) is 0 Å². The topological polar surface area (TPSA) is 39.9 Å². The van der Waals surface area contributed by atoms with E-state index >= 15 is 0 Å². The fourth-order valence-electron chi connectivity index (χ4n) is 2.43. The van der Waals surface area contributed by atoms with Crippen molar-refractivity contribution in [2.45, 2.75) is 21.6 Å². The summed E-state index contributed by atoms with van der Waals surface area (Å²) in [4.78, 5) is 0.421. The molecule has 0 unspecified atom stereocenters. The number of rotatable bonds is 7. The minimum Gasteiger partial charge on any atom is -0.496 e. The van der Waals surface area contributed by atoms with Crippen LogP contribution >= 0.6 is 35.1 Å². The lowest BCUT2D eigenvalue weighted by molar-refractivity contribution is 0.251. The summed E-state index contributed by atoms with van der Waals surface area (Å²) in [6, 6.07) is 12.6. The van der Waals surface area contributed by atoms with Gasteiger partial charge in [0, 0.05) is 23.4 Å². The van der Waals surface area contributed by atoms with Gasteiger partial charge in [-0.2, -0.15) is 8.78 Å². The molecular formula is C18H16ClF2N3OS2. The van der Waals surface area contributed by atoms with Crippen molar-refractivity contribution in [2.75, 3.05) is 7.11 Å². The summed E-state index contributed by atoms with van der Waals surface area (Å²) >= 11 is 7.91. The van der Waals surface area contributed by atoms with Gasteiger partial charge in [0.2, 0.25) is 0 Å². The summed E-state index contributed by atoms with van der Waals surface area (Å²) in [6.07, 6.45) is 0. The molecule has 4 nitrogen and oxygen atoms in total. The van der Waals surface area contributed by atoms with Crippen LogP contribution in [-0.2, 0) is 12.8 Å². The van der Waals surface area contributed by atoms with Gasteiger partial charge in [-0.15, -0.1) is 10.2 Å². The Bertz CT molecular complexity index is 919. The molecule has 0 aliphatic heterocycles. The van der Waals surface area contributed by atoms with E-state index in [1.807, 2.05) is 41.9 Å². The first-order chi connectivity index (χ1) is 13.0. The third-order valence-electron chi connectivity index (χ3n) is 3.75. The Hall–Kier alpha value is -1.77. The molecule has 0 N–H and O–H groups in total. The summed E-state index contributed by atoms with van der Waals surface area (Å²) in [6.45, 7) is 0. The van der Waals surface area contributed by atoms with Crippen LogP contribution in [0.2, 0.25) is 5.02 Å². The Labute approximate surface area is 169 Å². The van der Waals surface area contributed by atoms with Gasteiger partial charge < -0.3 is 9.30 Å². The van der Waals surface area contributed by atoms with Gasteiger partial charge in [-0.1, -0.05) is 41.2 Å². The van der Waals surface area contributed by atoms with E-state index in [2.05, 4.69) is 10.2 Å².